The third-order valence-corrected chi connectivity index (χ3v) is 15.6. The largest absolute Gasteiger partial charge is 0.487 e. The molecule has 6 bridgehead atoms. The van der Waals surface area contributed by atoms with Crippen LogP contribution in [0.1, 0.15) is 105 Å². The zero-order valence-corrected chi connectivity index (χ0v) is 52.8. The van der Waals surface area contributed by atoms with Crippen LogP contribution in [-0.2, 0) is 62.5 Å². The molecule has 1 aliphatic heterocycles. The van der Waals surface area contributed by atoms with Crippen molar-refractivity contribution in [3.05, 3.63) is 134 Å². The van der Waals surface area contributed by atoms with E-state index in [2.05, 4.69) is 77.8 Å². The van der Waals surface area contributed by atoms with E-state index in [1.54, 1.807) is 78.7 Å². The van der Waals surface area contributed by atoms with E-state index in [9.17, 15) is 19.2 Å². The Morgan fingerprint density at radius 1 is 0.511 bits per heavy atom. The van der Waals surface area contributed by atoms with Crippen molar-refractivity contribution in [1.29, 1.82) is 0 Å². The number of anilines is 3. The Bertz CT molecular complexity index is 3630. The van der Waals surface area contributed by atoms with Crippen LogP contribution in [0.4, 0.5) is 28.4 Å². The van der Waals surface area contributed by atoms with Crippen molar-refractivity contribution < 1.29 is 52.3 Å². The molecule has 7 aromatic rings. The minimum absolute atomic E-state index is 0.122. The summed E-state index contributed by atoms with van der Waals surface area (Å²) < 4.78 is 45.4. The predicted octanol–water partition coefficient (Wildman–Crippen LogP) is 7.83. The molecule has 0 saturated heterocycles. The van der Waals surface area contributed by atoms with Crippen molar-refractivity contribution in [3.8, 4) is 11.5 Å². The van der Waals surface area contributed by atoms with E-state index in [0.717, 1.165) is 59.7 Å². The number of H-pyrrole nitrogens is 3. The van der Waals surface area contributed by atoms with E-state index in [1.165, 1.54) is 33.6 Å². The van der Waals surface area contributed by atoms with E-state index in [-0.39, 0.29) is 56.9 Å². The Morgan fingerprint density at radius 2 is 0.909 bits per heavy atom. The first-order valence-corrected chi connectivity index (χ1v) is 29.5. The first-order chi connectivity index (χ1) is 42.3. The van der Waals surface area contributed by atoms with Crippen LogP contribution in [0.2, 0.25) is 0 Å². The molecule has 0 radical (unpaired) electrons. The van der Waals surface area contributed by atoms with Gasteiger partial charge in [0, 0.05) is 101 Å². The van der Waals surface area contributed by atoms with Gasteiger partial charge >= 0.3 is 0 Å². The third kappa shape index (κ3) is 17.2. The highest BCUT2D eigenvalue weighted by Gasteiger charge is 2.22. The van der Waals surface area contributed by atoms with Gasteiger partial charge in [-0.15, -0.1) is 0 Å². The highest BCUT2D eigenvalue weighted by atomic mass is 16.6. The number of hydrogen-bond acceptors (Lipinski definition) is 14. The summed E-state index contributed by atoms with van der Waals surface area (Å²) in [5.41, 5.74) is 16.7. The first kappa shape index (κ1) is 65.5. The molecule has 24 heteroatoms. The average Bonchev–Trinajstić information content (AvgIpc) is 2.22. The summed E-state index contributed by atoms with van der Waals surface area (Å²) in [7, 11) is 10.7. The molecule has 1 aromatic carbocycles. The van der Waals surface area contributed by atoms with Gasteiger partial charge in [-0.2, -0.15) is 0 Å². The first-order valence-electron chi connectivity index (χ1n) is 29.5. The number of aliphatic imine (C=N–C) groups is 2. The summed E-state index contributed by atoms with van der Waals surface area (Å²) in [5, 5.41) is 11.4. The fraction of sp³-hybridized carbons (Fsp3) is 0.438. The molecule has 4 amide bonds. The molecule has 7 heterocycles. The van der Waals surface area contributed by atoms with Gasteiger partial charge in [0.25, 0.3) is 17.7 Å². The fourth-order valence-electron chi connectivity index (χ4n) is 10.1. The Labute approximate surface area is 513 Å². The van der Waals surface area contributed by atoms with Crippen LogP contribution >= 0.6 is 0 Å². The molecule has 6 aromatic heterocycles. The van der Waals surface area contributed by atoms with E-state index in [4.69, 9.17) is 43.1 Å². The van der Waals surface area contributed by atoms with Gasteiger partial charge in [-0.25, -0.2) is 0 Å². The minimum atomic E-state index is -0.460. The molecular weight excluding hydrogens is 1130 g/mol. The number of ether oxygens (including phenoxy) is 7. The van der Waals surface area contributed by atoms with Crippen LogP contribution in [-0.4, -0.2) is 177 Å². The number of carbonyl (C=O) groups is 4. The molecule has 0 unspecified atom stereocenters. The van der Waals surface area contributed by atoms with Gasteiger partial charge < -0.3 is 88.0 Å². The Hall–Kier alpha value is -8.52. The van der Waals surface area contributed by atoms with Crippen molar-refractivity contribution in [1.82, 2.24) is 38.9 Å². The lowest BCUT2D eigenvalue weighted by atomic mass is 10.0. The van der Waals surface area contributed by atoms with Gasteiger partial charge in [-0.05, 0) is 120 Å². The number of aromatic amines is 3. The van der Waals surface area contributed by atoms with Crippen LogP contribution in [0.3, 0.4) is 0 Å². The van der Waals surface area contributed by atoms with Crippen LogP contribution < -0.4 is 30.7 Å². The van der Waals surface area contributed by atoms with E-state index < -0.39 is 17.7 Å². The Balaban J connectivity index is 0.845. The zero-order chi connectivity index (χ0) is 63.0. The van der Waals surface area contributed by atoms with Crippen LogP contribution in [0.25, 0.3) is 0 Å². The SMILES string of the molecule is COCCOCCOCCOc1cc2c(cc1OCCOCCOCC(=O)Nc1cc(C(=O)Nc3cc(C(=O)Nc4cc(C(=O)NCCCN(C)C)n(C)c4)n(C)c3)n(C)c1)N=Cc1[nH]c(c(C)c1C)Cc1[nH]c(c(C)c1C)Cc1[nH]c(c(C)c1C)C=N2. The number of carbonyl (C=O) groups excluding carboxylic acids is 4. The summed E-state index contributed by atoms with van der Waals surface area (Å²) >= 11 is 0. The quantitative estimate of drug-likeness (QED) is 0.0221. The molecule has 472 valence electrons. The average molecular weight is 1210 g/mol. The summed E-state index contributed by atoms with van der Waals surface area (Å²) in [4.78, 5) is 75.7. The second-order valence-corrected chi connectivity index (χ2v) is 22.1. The molecule has 0 aliphatic carbocycles. The number of hydrogen-bond donors (Lipinski definition) is 7. The number of fused-ring (bicyclic) bond motifs is 7. The second kappa shape index (κ2) is 30.9. The lowest BCUT2D eigenvalue weighted by molar-refractivity contribution is -0.121. The van der Waals surface area contributed by atoms with Crippen molar-refractivity contribution in [2.24, 2.45) is 31.1 Å². The lowest BCUT2D eigenvalue weighted by Gasteiger charge is -2.15. The molecule has 0 saturated carbocycles. The van der Waals surface area contributed by atoms with Crippen LogP contribution in [0, 0.1) is 41.5 Å². The topological polar surface area (TPSA) is 271 Å². The van der Waals surface area contributed by atoms with Gasteiger partial charge in [0.2, 0.25) is 5.91 Å². The molecule has 88 heavy (non-hydrogen) atoms. The van der Waals surface area contributed by atoms with Crippen molar-refractivity contribution in [3.63, 3.8) is 0 Å². The number of nitrogens with one attached hydrogen (secondary N) is 7. The van der Waals surface area contributed by atoms with Crippen LogP contribution in [0.15, 0.2) is 58.9 Å². The summed E-state index contributed by atoms with van der Waals surface area (Å²) in [6.07, 6.45) is 10.8. The van der Waals surface area contributed by atoms with Gasteiger partial charge in [-0.3, -0.25) is 29.2 Å². The van der Waals surface area contributed by atoms with E-state index in [1.807, 2.05) is 43.6 Å². The highest BCUT2D eigenvalue weighted by molar-refractivity contribution is 6.08. The van der Waals surface area contributed by atoms with Gasteiger partial charge in [-0.1, -0.05) is 0 Å². The van der Waals surface area contributed by atoms with Crippen molar-refractivity contribution in [2.45, 2.75) is 60.8 Å². The van der Waals surface area contributed by atoms with E-state index in [0.29, 0.717) is 85.2 Å². The molecule has 8 rings (SSSR count). The lowest BCUT2D eigenvalue weighted by Crippen LogP contribution is -2.28. The van der Waals surface area contributed by atoms with Gasteiger partial charge in [0.15, 0.2) is 11.5 Å². The number of nitrogens with zero attached hydrogens (tertiary/aromatic N) is 6. The van der Waals surface area contributed by atoms with E-state index >= 15 is 0 Å². The summed E-state index contributed by atoms with van der Waals surface area (Å²) in [6.45, 7) is 16.9. The molecule has 0 spiro atoms. The number of methoxy groups -OCH3 is 1. The van der Waals surface area contributed by atoms with Gasteiger partial charge in [0.1, 0.15) is 36.9 Å². The van der Waals surface area contributed by atoms with Crippen molar-refractivity contribution >= 4 is 64.5 Å². The summed E-state index contributed by atoms with van der Waals surface area (Å²) in [6, 6.07) is 8.35. The summed E-state index contributed by atoms with van der Waals surface area (Å²) in [5.74, 6) is -0.677. The number of aromatic nitrogens is 6. The number of benzene rings is 1. The second-order valence-electron chi connectivity index (χ2n) is 22.1. The van der Waals surface area contributed by atoms with Crippen LogP contribution in [0.5, 0.6) is 11.5 Å². The van der Waals surface area contributed by atoms with Crippen molar-refractivity contribution in [2.75, 3.05) is 123 Å². The maximum absolute atomic E-state index is 13.5. The highest BCUT2D eigenvalue weighted by Crippen LogP contribution is 2.41. The third-order valence-electron chi connectivity index (χ3n) is 15.6. The van der Waals surface area contributed by atoms with Gasteiger partial charge in [0.05, 0.1) is 105 Å². The maximum atomic E-state index is 13.5. The predicted molar refractivity (Wildman–Crippen MR) is 340 cm³/mol. The molecule has 24 nitrogen and oxygen atoms in total. The number of rotatable bonds is 29. The molecular formula is C64H85N13O11. The molecule has 0 atom stereocenters. The standard InChI is InChI=1S/C64H85N13O11/c1-39-40(2)49-30-51-42(4)44(6)55(73-51)34-67-53-32-60(59(87-24-22-84-19-18-83-17-16-82-12)31-52(53)66-33-54-43(5)41(3)50(72-54)29-48(39)71-49)88-25-23-85-20-21-86-38-61(78)68-45-26-57(76(10)35-45)63(80)70-47-28-58(77(11)37-47)64(81)69-46-27-56(75(9)36-46)62(79)65-14-13-15-74(7)8/h26-28,31-37,71-73H,13-25,29-30,38H2,1-12H3,(H,65,79)(H,68,78)(H,69,81)(H,70,80). The maximum Gasteiger partial charge on any atom is 0.272 e. The Morgan fingerprint density at radius 3 is 1.36 bits per heavy atom. The Kier molecular flexibility index (Phi) is 23.0. The normalized spacial score (nSPS) is 12.1. The fourth-order valence-corrected chi connectivity index (χ4v) is 10.1. The molecule has 7 N–H and O–H groups in total. The number of amides is 4. The monoisotopic (exact) mass is 1210 g/mol. The smallest absolute Gasteiger partial charge is 0.272 e. The minimum Gasteiger partial charge on any atom is -0.487 e. The zero-order valence-electron chi connectivity index (χ0n) is 52.8. The molecule has 1 aliphatic rings. The number of aryl methyl sites for hydroxylation is 3. The molecule has 0 fully saturated rings.